The number of benzene rings is 1. The number of rotatable bonds is 5. The minimum Gasteiger partial charge on any atom is -0.313 e. The van der Waals surface area contributed by atoms with Crippen LogP contribution in [0.2, 0.25) is 0 Å². The Kier molecular flexibility index (Phi) is 4.19. The van der Waals surface area contributed by atoms with Gasteiger partial charge in [-0.2, -0.15) is 0 Å². The van der Waals surface area contributed by atoms with E-state index in [1.165, 1.54) is 11.1 Å². The topological polar surface area (TPSA) is 15.3 Å². The molecule has 94 valence electrons. The van der Waals surface area contributed by atoms with Gasteiger partial charge in [0.05, 0.1) is 0 Å². The van der Waals surface area contributed by atoms with Gasteiger partial charge in [-0.25, -0.2) is 0 Å². The zero-order chi connectivity index (χ0) is 12.3. The Labute approximate surface area is 105 Å². The SMILES string of the molecule is CC(C)C(C)NCCN1Cc2ccccc2C1. The standard InChI is InChI=1S/C15H24N2/c1-12(2)13(3)16-8-9-17-10-14-6-4-5-7-15(14)11-17/h4-7,12-13,16H,8-11H2,1-3H3. The van der Waals surface area contributed by atoms with Crippen molar-refractivity contribution >= 4 is 0 Å². The van der Waals surface area contributed by atoms with Crippen molar-refractivity contribution in [2.75, 3.05) is 13.1 Å². The van der Waals surface area contributed by atoms with Crippen LogP contribution in [0, 0.1) is 5.92 Å². The molecule has 0 aliphatic carbocycles. The molecule has 1 N–H and O–H groups in total. The molecule has 1 aromatic carbocycles. The molecule has 1 aliphatic rings. The summed E-state index contributed by atoms with van der Waals surface area (Å²) in [6.07, 6.45) is 0. The lowest BCUT2D eigenvalue weighted by Gasteiger charge is -2.20. The fourth-order valence-electron chi connectivity index (χ4n) is 2.25. The Bertz CT molecular complexity index is 335. The van der Waals surface area contributed by atoms with Crippen LogP contribution >= 0.6 is 0 Å². The van der Waals surface area contributed by atoms with E-state index in [-0.39, 0.29) is 0 Å². The van der Waals surface area contributed by atoms with Crippen molar-refractivity contribution in [3.05, 3.63) is 35.4 Å². The van der Waals surface area contributed by atoms with Gasteiger partial charge in [-0.1, -0.05) is 38.1 Å². The van der Waals surface area contributed by atoms with E-state index in [2.05, 4.69) is 55.3 Å². The molecule has 1 unspecified atom stereocenters. The van der Waals surface area contributed by atoms with E-state index in [0.717, 1.165) is 26.2 Å². The molecule has 1 heterocycles. The second kappa shape index (κ2) is 5.65. The molecule has 0 amide bonds. The third-order valence-electron chi connectivity index (χ3n) is 3.80. The molecule has 1 aliphatic heterocycles. The van der Waals surface area contributed by atoms with Crippen molar-refractivity contribution in [2.24, 2.45) is 5.92 Å². The fraction of sp³-hybridized carbons (Fsp3) is 0.600. The first-order valence-electron chi connectivity index (χ1n) is 6.69. The maximum atomic E-state index is 3.59. The van der Waals surface area contributed by atoms with Crippen LogP contribution in [-0.2, 0) is 13.1 Å². The number of fused-ring (bicyclic) bond motifs is 1. The lowest BCUT2D eigenvalue weighted by Crippen LogP contribution is -2.36. The van der Waals surface area contributed by atoms with Gasteiger partial charge in [0.15, 0.2) is 0 Å². The molecule has 0 fully saturated rings. The Morgan fingerprint density at radius 1 is 1.12 bits per heavy atom. The van der Waals surface area contributed by atoms with Crippen LogP contribution in [0.1, 0.15) is 31.9 Å². The number of nitrogens with zero attached hydrogens (tertiary/aromatic N) is 1. The van der Waals surface area contributed by atoms with Crippen molar-refractivity contribution in [3.8, 4) is 0 Å². The molecular formula is C15H24N2. The molecule has 0 aromatic heterocycles. The maximum Gasteiger partial charge on any atom is 0.0241 e. The summed E-state index contributed by atoms with van der Waals surface area (Å²) in [7, 11) is 0. The number of hydrogen-bond acceptors (Lipinski definition) is 2. The molecule has 0 saturated heterocycles. The van der Waals surface area contributed by atoms with E-state index in [4.69, 9.17) is 0 Å². The van der Waals surface area contributed by atoms with Crippen LogP contribution in [0.3, 0.4) is 0 Å². The predicted octanol–water partition coefficient (Wildman–Crippen LogP) is 2.64. The quantitative estimate of drug-likeness (QED) is 0.839. The van der Waals surface area contributed by atoms with Gasteiger partial charge >= 0.3 is 0 Å². The van der Waals surface area contributed by atoms with E-state index < -0.39 is 0 Å². The molecular weight excluding hydrogens is 208 g/mol. The van der Waals surface area contributed by atoms with E-state index in [9.17, 15) is 0 Å². The van der Waals surface area contributed by atoms with Crippen LogP contribution in [0.5, 0.6) is 0 Å². The monoisotopic (exact) mass is 232 g/mol. The van der Waals surface area contributed by atoms with Crippen LogP contribution < -0.4 is 5.32 Å². The number of nitrogens with one attached hydrogen (secondary N) is 1. The van der Waals surface area contributed by atoms with Crippen LogP contribution in [0.15, 0.2) is 24.3 Å². The third-order valence-corrected chi connectivity index (χ3v) is 3.80. The average molecular weight is 232 g/mol. The average Bonchev–Trinajstić information content (AvgIpc) is 2.71. The summed E-state index contributed by atoms with van der Waals surface area (Å²) >= 11 is 0. The van der Waals surface area contributed by atoms with Gasteiger partial charge in [-0.3, -0.25) is 4.90 Å². The highest BCUT2D eigenvalue weighted by Crippen LogP contribution is 2.21. The van der Waals surface area contributed by atoms with Gasteiger partial charge < -0.3 is 5.32 Å². The molecule has 0 spiro atoms. The molecule has 0 radical (unpaired) electrons. The molecule has 0 bridgehead atoms. The molecule has 2 rings (SSSR count). The highest BCUT2D eigenvalue weighted by atomic mass is 15.2. The third kappa shape index (κ3) is 3.30. The zero-order valence-electron chi connectivity index (χ0n) is 11.2. The van der Waals surface area contributed by atoms with Gasteiger partial charge in [0, 0.05) is 32.2 Å². The minimum atomic E-state index is 0.611. The van der Waals surface area contributed by atoms with E-state index in [0.29, 0.717) is 12.0 Å². The second-order valence-corrected chi connectivity index (χ2v) is 5.47. The summed E-state index contributed by atoms with van der Waals surface area (Å²) < 4.78 is 0. The molecule has 17 heavy (non-hydrogen) atoms. The summed E-state index contributed by atoms with van der Waals surface area (Å²) in [5, 5.41) is 3.59. The normalized spacial score (nSPS) is 17.4. The molecule has 2 heteroatoms. The molecule has 1 atom stereocenters. The van der Waals surface area contributed by atoms with Crippen molar-refractivity contribution < 1.29 is 0 Å². The van der Waals surface area contributed by atoms with Gasteiger partial charge in [-0.15, -0.1) is 0 Å². The first-order valence-corrected chi connectivity index (χ1v) is 6.69. The maximum absolute atomic E-state index is 3.59. The van der Waals surface area contributed by atoms with E-state index in [1.807, 2.05) is 0 Å². The molecule has 0 saturated carbocycles. The van der Waals surface area contributed by atoms with Crippen LogP contribution in [-0.4, -0.2) is 24.0 Å². The highest BCUT2D eigenvalue weighted by Gasteiger charge is 2.17. The molecule has 2 nitrogen and oxygen atoms in total. The predicted molar refractivity (Wildman–Crippen MR) is 72.9 cm³/mol. The highest BCUT2D eigenvalue weighted by molar-refractivity contribution is 5.30. The molecule has 1 aromatic rings. The van der Waals surface area contributed by atoms with E-state index >= 15 is 0 Å². The van der Waals surface area contributed by atoms with Gasteiger partial charge in [0.25, 0.3) is 0 Å². The summed E-state index contributed by atoms with van der Waals surface area (Å²) in [6.45, 7) is 11.3. The lowest BCUT2D eigenvalue weighted by atomic mass is 10.1. The van der Waals surface area contributed by atoms with Crippen molar-refractivity contribution in [1.29, 1.82) is 0 Å². The van der Waals surface area contributed by atoms with Crippen molar-refractivity contribution in [1.82, 2.24) is 10.2 Å². The summed E-state index contributed by atoms with van der Waals surface area (Å²) in [4.78, 5) is 2.52. The number of hydrogen-bond donors (Lipinski definition) is 1. The van der Waals surface area contributed by atoms with E-state index in [1.54, 1.807) is 0 Å². The van der Waals surface area contributed by atoms with Gasteiger partial charge in [0.1, 0.15) is 0 Å². The minimum absolute atomic E-state index is 0.611. The first-order chi connectivity index (χ1) is 8.16. The van der Waals surface area contributed by atoms with Crippen molar-refractivity contribution in [2.45, 2.75) is 39.9 Å². The first kappa shape index (κ1) is 12.6. The smallest absolute Gasteiger partial charge is 0.0241 e. The fourth-order valence-corrected chi connectivity index (χ4v) is 2.25. The lowest BCUT2D eigenvalue weighted by molar-refractivity contribution is 0.273. The van der Waals surface area contributed by atoms with Crippen molar-refractivity contribution in [3.63, 3.8) is 0 Å². The zero-order valence-corrected chi connectivity index (χ0v) is 11.2. The van der Waals surface area contributed by atoms with Crippen LogP contribution in [0.4, 0.5) is 0 Å². The summed E-state index contributed by atoms with van der Waals surface area (Å²) in [5.41, 5.74) is 3.01. The summed E-state index contributed by atoms with van der Waals surface area (Å²) in [5.74, 6) is 0.714. The largest absolute Gasteiger partial charge is 0.313 e. The second-order valence-electron chi connectivity index (χ2n) is 5.47. The Morgan fingerprint density at radius 2 is 1.71 bits per heavy atom. The Morgan fingerprint density at radius 3 is 2.24 bits per heavy atom. The Balaban J connectivity index is 1.73. The Hall–Kier alpha value is -0.860. The van der Waals surface area contributed by atoms with Gasteiger partial charge in [-0.05, 0) is 24.0 Å². The summed E-state index contributed by atoms with van der Waals surface area (Å²) in [6, 6.07) is 9.39. The van der Waals surface area contributed by atoms with Gasteiger partial charge in [0.2, 0.25) is 0 Å². The van der Waals surface area contributed by atoms with Crippen LogP contribution in [0.25, 0.3) is 0 Å².